The highest BCUT2D eigenvalue weighted by atomic mass is 16.4. The van der Waals surface area contributed by atoms with E-state index in [0.29, 0.717) is 23.9 Å². The van der Waals surface area contributed by atoms with Gasteiger partial charge < -0.3 is 14.8 Å². The molecule has 1 fully saturated rings. The second kappa shape index (κ2) is 5.75. The van der Waals surface area contributed by atoms with Crippen molar-refractivity contribution in [3.05, 3.63) is 34.3 Å². The predicted octanol–water partition coefficient (Wildman–Crippen LogP) is 2.06. The zero-order chi connectivity index (χ0) is 18.4. The van der Waals surface area contributed by atoms with E-state index in [1.54, 1.807) is 25.1 Å². The van der Waals surface area contributed by atoms with E-state index in [1.807, 2.05) is 13.8 Å². The molecule has 0 aliphatic heterocycles. The lowest BCUT2D eigenvalue weighted by Gasteiger charge is -2.38. The van der Waals surface area contributed by atoms with Crippen molar-refractivity contribution in [1.29, 1.82) is 0 Å². The van der Waals surface area contributed by atoms with Crippen molar-refractivity contribution < 1.29 is 19.1 Å². The number of oxazole rings is 1. The minimum Gasteiger partial charge on any atom is -0.481 e. The Morgan fingerprint density at radius 2 is 2.08 bits per heavy atom. The maximum Gasteiger partial charge on any atom is 0.417 e. The number of aromatic nitrogens is 1. The Bertz CT molecular complexity index is 894. The van der Waals surface area contributed by atoms with Crippen molar-refractivity contribution in [1.82, 2.24) is 10.3 Å². The average molecular weight is 346 g/mol. The molecule has 1 amide bonds. The lowest BCUT2D eigenvalue weighted by atomic mass is 9.68. The molecule has 1 aliphatic rings. The van der Waals surface area contributed by atoms with Gasteiger partial charge in [0, 0.05) is 11.5 Å². The molecule has 1 aromatic carbocycles. The Labute approximate surface area is 144 Å². The van der Waals surface area contributed by atoms with Gasteiger partial charge in [0.1, 0.15) is 0 Å². The molecular formula is C18H22N2O5. The number of carbonyl (C=O) groups is 2. The van der Waals surface area contributed by atoms with Gasteiger partial charge in [-0.25, -0.2) is 4.79 Å². The normalized spacial score (nSPS) is 25.2. The predicted molar refractivity (Wildman–Crippen MR) is 91.2 cm³/mol. The number of rotatable bonds is 4. The number of H-pyrrole nitrogens is 1. The molecule has 1 aliphatic carbocycles. The van der Waals surface area contributed by atoms with Crippen LogP contribution in [0.15, 0.2) is 27.4 Å². The van der Waals surface area contributed by atoms with Gasteiger partial charge in [-0.15, -0.1) is 0 Å². The molecule has 7 nitrogen and oxygen atoms in total. The first-order valence-electron chi connectivity index (χ1n) is 8.28. The number of benzene rings is 1. The highest BCUT2D eigenvalue weighted by molar-refractivity contribution is 5.82. The average Bonchev–Trinajstić information content (AvgIpc) is 2.99. The number of carboxylic acid groups (broad SMARTS) is 1. The van der Waals surface area contributed by atoms with Gasteiger partial charge in [-0.2, -0.15) is 0 Å². The third kappa shape index (κ3) is 2.83. The second-order valence-corrected chi connectivity index (χ2v) is 7.54. The summed E-state index contributed by atoms with van der Waals surface area (Å²) in [6.07, 6.45) is 1.32. The van der Waals surface area contributed by atoms with E-state index in [4.69, 9.17) is 4.42 Å². The van der Waals surface area contributed by atoms with Gasteiger partial charge in [0.05, 0.1) is 17.4 Å². The van der Waals surface area contributed by atoms with Crippen LogP contribution in [-0.4, -0.2) is 28.0 Å². The topological polar surface area (TPSA) is 112 Å². The molecule has 0 bridgehead atoms. The van der Waals surface area contributed by atoms with Gasteiger partial charge in [0.25, 0.3) is 0 Å². The maximum absolute atomic E-state index is 12.4. The van der Waals surface area contributed by atoms with Crippen molar-refractivity contribution in [3.63, 3.8) is 0 Å². The van der Waals surface area contributed by atoms with E-state index in [-0.39, 0.29) is 18.4 Å². The minimum absolute atomic E-state index is 0.152. The van der Waals surface area contributed by atoms with Crippen LogP contribution in [0.1, 0.15) is 39.2 Å². The van der Waals surface area contributed by atoms with Gasteiger partial charge in [-0.1, -0.05) is 19.9 Å². The smallest absolute Gasteiger partial charge is 0.417 e. The number of carbonyl (C=O) groups excluding carboxylic acids is 1. The number of aromatic amines is 1. The van der Waals surface area contributed by atoms with E-state index in [1.165, 1.54) is 0 Å². The van der Waals surface area contributed by atoms with Crippen molar-refractivity contribution in [3.8, 4) is 0 Å². The molecule has 1 aromatic heterocycles. The zero-order valence-corrected chi connectivity index (χ0v) is 14.5. The lowest BCUT2D eigenvalue weighted by molar-refractivity contribution is -0.154. The third-order valence-corrected chi connectivity index (χ3v) is 5.88. The first kappa shape index (κ1) is 17.3. The van der Waals surface area contributed by atoms with E-state index < -0.39 is 22.6 Å². The van der Waals surface area contributed by atoms with Crippen molar-refractivity contribution >= 4 is 23.0 Å². The molecule has 2 atom stereocenters. The van der Waals surface area contributed by atoms with Gasteiger partial charge in [-0.05, 0) is 37.5 Å². The fourth-order valence-electron chi connectivity index (χ4n) is 3.68. The molecule has 7 heteroatoms. The minimum atomic E-state index is -0.861. The molecule has 2 aromatic rings. The number of hydrogen-bond donors (Lipinski definition) is 3. The summed E-state index contributed by atoms with van der Waals surface area (Å²) in [7, 11) is 0. The van der Waals surface area contributed by atoms with Crippen LogP contribution in [0.3, 0.4) is 0 Å². The summed E-state index contributed by atoms with van der Waals surface area (Å²) in [4.78, 5) is 37.8. The number of aliphatic carboxylic acids is 1. The number of nitrogens with one attached hydrogen (secondary N) is 2. The summed E-state index contributed by atoms with van der Waals surface area (Å²) in [6, 6.07) is 4.90. The van der Waals surface area contributed by atoms with E-state index in [0.717, 1.165) is 5.56 Å². The monoisotopic (exact) mass is 346 g/mol. The summed E-state index contributed by atoms with van der Waals surface area (Å²) >= 11 is 0. The molecule has 0 spiro atoms. The molecule has 3 rings (SSSR count). The van der Waals surface area contributed by atoms with Crippen LogP contribution < -0.4 is 11.1 Å². The maximum atomic E-state index is 12.4. The molecule has 25 heavy (non-hydrogen) atoms. The molecule has 134 valence electrons. The van der Waals surface area contributed by atoms with Gasteiger partial charge >= 0.3 is 11.7 Å². The number of amides is 1. The first-order valence-corrected chi connectivity index (χ1v) is 8.28. The zero-order valence-electron chi connectivity index (χ0n) is 14.5. The van der Waals surface area contributed by atoms with Crippen LogP contribution in [0.5, 0.6) is 0 Å². The Hall–Kier alpha value is -2.57. The van der Waals surface area contributed by atoms with Crippen molar-refractivity contribution in [2.45, 2.75) is 46.1 Å². The highest BCUT2D eigenvalue weighted by Gasteiger charge is 2.56. The van der Waals surface area contributed by atoms with E-state index in [9.17, 15) is 19.5 Å². The van der Waals surface area contributed by atoms with Crippen LogP contribution >= 0.6 is 0 Å². The summed E-state index contributed by atoms with van der Waals surface area (Å²) in [6.45, 7) is 5.52. The Morgan fingerprint density at radius 1 is 1.36 bits per heavy atom. The molecule has 0 unspecified atom stereocenters. The fraction of sp³-hybridized carbons (Fsp3) is 0.500. The van der Waals surface area contributed by atoms with Crippen molar-refractivity contribution in [2.24, 2.45) is 10.8 Å². The van der Waals surface area contributed by atoms with E-state index in [2.05, 4.69) is 10.3 Å². The standard InChI is InChI=1S/C18H22N2O5/c1-17(2)13(6-7-18(17,3)15(22)23)20-14(21)9-10-4-5-12-11(8-10)19-16(24)25-12/h4-5,8,13H,6-7,9H2,1-3H3,(H,19,24)(H,20,21)(H,22,23)/t13-,18-/m0/s1. The number of fused-ring (bicyclic) bond motifs is 1. The van der Waals surface area contributed by atoms with Crippen LogP contribution in [0.2, 0.25) is 0 Å². The lowest BCUT2D eigenvalue weighted by Crippen LogP contribution is -2.49. The molecule has 1 heterocycles. The fourth-order valence-corrected chi connectivity index (χ4v) is 3.68. The number of carboxylic acids is 1. The summed E-state index contributed by atoms with van der Waals surface area (Å²) in [5.74, 6) is -1.53. The number of hydrogen-bond acceptors (Lipinski definition) is 4. The molecule has 3 N–H and O–H groups in total. The first-order chi connectivity index (χ1) is 11.6. The Balaban J connectivity index is 1.71. The van der Waals surface area contributed by atoms with Crippen LogP contribution in [0.4, 0.5) is 0 Å². The summed E-state index contributed by atoms with van der Waals surface area (Å²) in [5, 5.41) is 12.5. The SMILES string of the molecule is CC1(C)[C@@H](NC(=O)Cc2ccc3oc(=O)[nH]c3c2)CC[C@@]1(C)C(=O)O. The Kier molecular flexibility index (Phi) is 3.97. The third-order valence-electron chi connectivity index (χ3n) is 5.88. The van der Waals surface area contributed by atoms with Crippen LogP contribution in [-0.2, 0) is 16.0 Å². The van der Waals surface area contributed by atoms with E-state index >= 15 is 0 Å². The molecule has 0 saturated heterocycles. The molecule has 1 saturated carbocycles. The molecular weight excluding hydrogens is 324 g/mol. The molecule has 0 radical (unpaired) electrons. The largest absolute Gasteiger partial charge is 0.481 e. The summed E-state index contributed by atoms with van der Waals surface area (Å²) < 4.78 is 4.94. The summed E-state index contributed by atoms with van der Waals surface area (Å²) in [5.41, 5.74) is 0.339. The van der Waals surface area contributed by atoms with Crippen LogP contribution in [0.25, 0.3) is 11.1 Å². The van der Waals surface area contributed by atoms with Gasteiger partial charge in [0.2, 0.25) is 5.91 Å². The van der Waals surface area contributed by atoms with Gasteiger partial charge in [-0.3, -0.25) is 14.6 Å². The highest BCUT2D eigenvalue weighted by Crippen LogP contribution is 2.52. The second-order valence-electron chi connectivity index (χ2n) is 7.54. The Morgan fingerprint density at radius 3 is 2.72 bits per heavy atom. The van der Waals surface area contributed by atoms with Crippen LogP contribution in [0, 0.1) is 10.8 Å². The van der Waals surface area contributed by atoms with Crippen molar-refractivity contribution in [2.75, 3.05) is 0 Å². The van der Waals surface area contributed by atoms with Gasteiger partial charge in [0.15, 0.2) is 5.58 Å². The quantitative estimate of drug-likeness (QED) is 0.784.